The molecule has 0 aliphatic heterocycles. The summed E-state index contributed by atoms with van der Waals surface area (Å²) in [4.78, 5) is 11.9. The topological polar surface area (TPSA) is 64.3 Å². The van der Waals surface area contributed by atoms with Gasteiger partial charge in [-0.05, 0) is 31.0 Å². The monoisotopic (exact) mass is 254 g/mol. The van der Waals surface area contributed by atoms with Crippen LogP contribution in [0.4, 0.5) is 0 Å². The molecule has 0 spiro atoms. The standard InChI is InChI=1S/C12H15ClN2O2/c1-17-11-4-7(2-3-10(11)13)12(16)15-9-5-8(14)6-9/h2-4,8-9H,5-6,14H2,1H3,(H,15,16). The van der Waals surface area contributed by atoms with Crippen molar-refractivity contribution in [2.75, 3.05) is 7.11 Å². The highest BCUT2D eigenvalue weighted by Crippen LogP contribution is 2.25. The molecule has 2 rings (SSSR count). The van der Waals surface area contributed by atoms with Gasteiger partial charge in [-0.25, -0.2) is 0 Å². The van der Waals surface area contributed by atoms with Crippen LogP contribution in [0.2, 0.25) is 5.02 Å². The van der Waals surface area contributed by atoms with Gasteiger partial charge in [-0.1, -0.05) is 11.6 Å². The van der Waals surface area contributed by atoms with E-state index in [-0.39, 0.29) is 18.0 Å². The van der Waals surface area contributed by atoms with Gasteiger partial charge in [0.2, 0.25) is 0 Å². The maximum absolute atomic E-state index is 11.9. The maximum atomic E-state index is 11.9. The molecule has 92 valence electrons. The molecule has 0 unspecified atom stereocenters. The lowest BCUT2D eigenvalue weighted by Crippen LogP contribution is -2.50. The minimum atomic E-state index is -0.114. The fourth-order valence-electron chi connectivity index (χ4n) is 1.85. The van der Waals surface area contributed by atoms with Crippen molar-refractivity contribution in [3.8, 4) is 5.75 Å². The highest BCUT2D eigenvalue weighted by Gasteiger charge is 2.27. The van der Waals surface area contributed by atoms with Gasteiger partial charge in [-0.2, -0.15) is 0 Å². The average Bonchev–Trinajstić information content (AvgIpc) is 2.27. The zero-order valence-corrected chi connectivity index (χ0v) is 10.3. The Bertz CT molecular complexity index is 431. The lowest BCUT2D eigenvalue weighted by atomic mass is 9.87. The Labute approximate surface area is 105 Å². The van der Waals surface area contributed by atoms with Crippen molar-refractivity contribution in [2.24, 2.45) is 5.73 Å². The van der Waals surface area contributed by atoms with E-state index in [4.69, 9.17) is 22.1 Å². The Morgan fingerprint density at radius 3 is 2.82 bits per heavy atom. The normalized spacial score (nSPS) is 22.8. The van der Waals surface area contributed by atoms with Crippen LogP contribution in [0.1, 0.15) is 23.2 Å². The number of amides is 1. The highest BCUT2D eigenvalue weighted by molar-refractivity contribution is 6.32. The molecule has 0 bridgehead atoms. The zero-order valence-electron chi connectivity index (χ0n) is 9.57. The van der Waals surface area contributed by atoms with E-state index in [1.165, 1.54) is 7.11 Å². The number of carbonyl (C=O) groups is 1. The Morgan fingerprint density at radius 2 is 2.24 bits per heavy atom. The second-order valence-electron chi connectivity index (χ2n) is 4.25. The summed E-state index contributed by atoms with van der Waals surface area (Å²) in [6, 6.07) is 5.39. The molecule has 4 nitrogen and oxygen atoms in total. The van der Waals surface area contributed by atoms with Crippen LogP contribution >= 0.6 is 11.6 Å². The van der Waals surface area contributed by atoms with Crippen molar-refractivity contribution in [1.82, 2.24) is 5.32 Å². The predicted octanol–water partition coefficient (Wildman–Crippen LogP) is 1.57. The third-order valence-electron chi connectivity index (χ3n) is 2.92. The average molecular weight is 255 g/mol. The smallest absolute Gasteiger partial charge is 0.251 e. The van der Waals surface area contributed by atoms with Gasteiger partial charge in [-0.3, -0.25) is 4.79 Å². The Kier molecular flexibility index (Phi) is 3.54. The molecule has 0 heterocycles. The number of hydrogen-bond donors (Lipinski definition) is 2. The fourth-order valence-corrected chi connectivity index (χ4v) is 2.04. The van der Waals surface area contributed by atoms with E-state index >= 15 is 0 Å². The SMILES string of the molecule is COc1cc(C(=O)NC2CC(N)C2)ccc1Cl. The molecule has 17 heavy (non-hydrogen) atoms. The Balaban J connectivity index is 2.03. The van der Waals surface area contributed by atoms with Gasteiger partial charge >= 0.3 is 0 Å². The summed E-state index contributed by atoms with van der Waals surface area (Å²) < 4.78 is 5.07. The summed E-state index contributed by atoms with van der Waals surface area (Å²) in [5.41, 5.74) is 6.21. The summed E-state index contributed by atoms with van der Waals surface area (Å²) in [6.07, 6.45) is 1.69. The van der Waals surface area contributed by atoms with Crippen molar-refractivity contribution >= 4 is 17.5 Å². The zero-order chi connectivity index (χ0) is 12.4. The van der Waals surface area contributed by atoms with Crippen LogP contribution in [-0.4, -0.2) is 25.1 Å². The molecule has 0 radical (unpaired) electrons. The van der Waals surface area contributed by atoms with Gasteiger partial charge < -0.3 is 15.8 Å². The van der Waals surface area contributed by atoms with E-state index < -0.39 is 0 Å². The van der Waals surface area contributed by atoms with Crippen molar-refractivity contribution in [3.05, 3.63) is 28.8 Å². The lowest BCUT2D eigenvalue weighted by Gasteiger charge is -2.32. The number of nitrogens with one attached hydrogen (secondary N) is 1. The van der Waals surface area contributed by atoms with E-state index in [1.54, 1.807) is 18.2 Å². The molecule has 1 fully saturated rings. The minimum absolute atomic E-state index is 0.114. The van der Waals surface area contributed by atoms with Crippen LogP contribution < -0.4 is 15.8 Å². The molecular weight excluding hydrogens is 240 g/mol. The number of halogens is 1. The second kappa shape index (κ2) is 4.94. The largest absolute Gasteiger partial charge is 0.495 e. The number of nitrogens with two attached hydrogens (primary N) is 1. The summed E-state index contributed by atoms with van der Waals surface area (Å²) in [6.45, 7) is 0. The molecule has 1 aliphatic rings. The van der Waals surface area contributed by atoms with Crippen LogP contribution in [0.5, 0.6) is 5.75 Å². The van der Waals surface area contributed by atoms with Gasteiger partial charge in [-0.15, -0.1) is 0 Å². The molecule has 0 aromatic heterocycles. The van der Waals surface area contributed by atoms with Gasteiger partial charge in [0.25, 0.3) is 5.91 Å². The van der Waals surface area contributed by atoms with Crippen molar-refractivity contribution < 1.29 is 9.53 Å². The predicted molar refractivity (Wildman–Crippen MR) is 66.5 cm³/mol. The third kappa shape index (κ3) is 2.70. The molecule has 1 aliphatic carbocycles. The molecule has 1 aromatic rings. The first-order valence-electron chi connectivity index (χ1n) is 5.50. The minimum Gasteiger partial charge on any atom is -0.495 e. The van der Waals surface area contributed by atoms with Gasteiger partial charge in [0.05, 0.1) is 12.1 Å². The second-order valence-corrected chi connectivity index (χ2v) is 4.66. The summed E-state index contributed by atoms with van der Waals surface area (Å²) in [7, 11) is 1.52. The van der Waals surface area contributed by atoms with E-state index in [0.29, 0.717) is 16.3 Å². The van der Waals surface area contributed by atoms with E-state index in [1.807, 2.05) is 0 Å². The first kappa shape index (κ1) is 12.2. The lowest BCUT2D eigenvalue weighted by molar-refractivity contribution is 0.0910. The quantitative estimate of drug-likeness (QED) is 0.861. The summed E-state index contributed by atoms with van der Waals surface area (Å²) in [5.74, 6) is 0.390. The fraction of sp³-hybridized carbons (Fsp3) is 0.417. The Morgan fingerprint density at radius 1 is 1.53 bits per heavy atom. The summed E-state index contributed by atoms with van der Waals surface area (Å²) in [5, 5.41) is 3.41. The van der Waals surface area contributed by atoms with Gasteiger partial charge in [0, 0.05) is 17.6 Å². The van der Waals surface area contributed by atoms with Crippen LogP contribution in [0.25, 0.3) is 0 Å². The molecule has 3 N–H and O–H groups in total. The first-order valence-corrected chi connectivity index (χ1v) is 5.88. The molecule has 0 atom stereocenters. The maximum Gasteiger partial charge on any atom is 0.251 e. The number of ether oxygens (including phenoxy) is 1. The van der Waals surface area contributed by atoms with Crippen molar-refractivity contribution in [2.45, 2.75) is 24.9 Å². The number of methoxy groups -OCH3 is 1. The van der Waals surface area contributed by atoms with E-state index in [0.717, 1.165) is 12.8 Å². The molecule has 5 heteroatoms. The molecule has 0 saturated heterocycles. The third-order valence-corrected chi connectivity index (χ3v) is 3.24. The van der Waals surface area contributed by atoms with Crippen LogP contribution in [0.15, 0.2) is 18.2 Å². The Hall–Kier alpha value is -1.26. The summed E-state index contributed by atoms with van der Waals surface area (Å²) >= 11 is 5.89. The van der Waals surface area contributed by atoms with Crippen molar-refractivity contribution in [3.63, 3.8) is 0 Å². The van der Waals surface area contributed by atoms with Crippen molar-refractivity contribution in [1.29, 1.82) is 0 Å². The number of hydrogen-bond acceptors (Lipinski definition) is 3. The molecule has 1 saturated carbocycles. The molecular formula is C12H15ClN2O2. The molecule has 1 amide bonds. The van der Waals surface area contributed by atoms with E-state index in [9.17, 15) is 4.79 Å². The first-order chi connectivity index (χ1) is 8.10. The van der Waals surface area contributed by atoms with Gasteiger partial charge in [0.15, 0.2) is 0 Å². The number of benzene rings is 1. The molecule has 1 aromatic carbocycles. The number of carbonyl (C=O) groups excluding carboxylic acids is 1. The highest BCUT2D eigenvalue weighted by atomic mass is 35.5. The van der Waals surface area contributed by atoms with Crippen LogP contribution in [-0.2, 0) is 0 Å². The van der Waals surface area contributed by atoms with Crippen LogP contribution in [0, 0.1) is 0 Å². The number of rotatable bonds is 3. The van der Waals surface area contributed by atoms with E-state index in [2.05, 4.69) is 5.32 Å². The van der Waals surface area contributed by atoms with Crippen LogP contribution in [0.3, 0.4) is 0 Å². The van der Waals surface area contributed by atoms with Gasteiger partial charge in [0.1, 0.15) is 5.75 Å².